The summed E-state index contributed by atoms with van der Waals surface area (Å²) in [6.07, 6.45) is 3.35. The van der Waals surface area contributed by atoms with Crippen molar-refractivity contribution >= 4 is 5.91 Å². The van der Waals surface area contributed by atoms with E-state index in [0.29, 0.717) is 18.7 Å². The summed E-state index contributed by atoms with van der Waals surface area (Å²) >= 11 is 0. The van der Waals surface area contributed by atoms with Gasteiger partial charge < -0.3 is 14.5 Å². The van der Waals surface area contributed by atoms with Gasteiger partial charge in [-0.1, -0.05) is 30.3 Å². The van der Waals surface area contributed by atoms with Crippen LogP contribution in [-0.4, -0.2) is 60.6 Å². The molecule has 0 N–H and O–H groups in total. The third kappa shape index (κ3) is 4.06. The van der Waals surface area contributed by atoms with Crippen molar-refractivity contribution < 1.29 is 9.53 Å². The van der Waals surface area contributed by atoms with Crippen LogP contribution >= 0.6 is 0 Å². The van der Waals surface area contributed by atoms with Gasteiger partial charge in [0.2, 0.25) is 0 Å². The summed E-state index contributed by atoms with van der Waals surface area (Å²) in [6.45, 7) is 3.84. The zero-order valence-corrected chi connectivity index (χ0v) is 15.1. The summed E-state index contributed by atoms with van der Waals surface area (Å²) in [7, 11) is 4.05. The minimum Gasteiger partial charge on any atom is -0.373 e. The van der Waals surface area contributed by atoms with Crippen molar-refractivity contribution in [2.24, 2.45) is 0 Å². The van der Waals surface area contributed by atoms with Crippen LogP contribution in [0.1, 0.15) is 27.5 Å². The van der Waals surface area contributed by atoms with Crippen LogP contribution in [0.5, 0.6) is 0 Å². The Morgan fingerprint density at radius 3 is 2.72 bits per heavy atom. The van der Waals surface area contributed by atoms with Gasteiger partial charge in [-0.3, -0.25) is 9.78 Å². The Balaban J connectivity index is 1.95. The fraction of sp³-hybridized carbons (Fsp3) is 0.400. The van der Waals surface area contributed by atoms with Gasteiger partial charge in [0.25, 0.3) is 5.91 Å². The molecule has 1 aliphatic rings. The molecule has 1 aromatic carbocycles. The number of pyridine rings is 1. The third-order valence-corrected chi connectivity index (χ3v) is 4.42. The number of rotatable bonds is 4. The second kappa shape index (κ2) is 7.76. The maximum absolute atomic E-state index is 13.2. The van der Waals surface area contributed by atoms with E-state index >= 15 is 0 Å². The van der Waals surface area contributed by atoms with Gasteiger partial charge in [-0.05, 0) is 38.2 Å². The number of ether oxygens (including phenoxy) is 1. The third-order valence-electron chi connectivity index (χ3n) is 4.42. The lowest BCUT2D eigenvalue weighted by molar-refractivity contribution is -0.0684. The van der Waals surface area contributed by atoms with Crippen LogP contribution in [0.25, 0.3) is 0 Å². The highest BCUT2D eigenvalue weighted by atomic mass is 16.5. The Morgan fingerprint density at radius 2 is 2.04 bits per heavy atom. The number of morpholine rings is 1. The molecule has 1 aromatic heterocycles. The minimum absolute atomic E-state index is 0.0112. The number of carbonyl (C=O) groups excluding carboxylic acids is 1. The molecule has 2 atom stereocenters. The summed E-state index contributed by atoms with van der Waals surface area (Å²) in [6, 6.07) is 11.9. The SMILES string of the molecule is Cc1cncc(C(=O)N2CCO[C@@H](CN(C)C)[C@@H]2c2ccccc2)c1. The minimum atomic E-state index is -0.106. The molecule has 0 spiro atoms. The van der Waals surface area contributed by atoms with E-state index in [1.54, 1.807) is 12.4 Å². The molecule has 1 fully saturated rings. The Bertz CT molecular complexity index is 718. The second-order valence-corrected chi connectivity index (χ2v) is 6.78. The number of carbonyl (C=O) groups is 1. The molecule has 3 rings (SSSR count). The highest BCUT2D eigenvalue weighted by molar-refractivity contribution is 5.94. The fourth-order valence-corrected chi connectivity index (χ4v) is 3.36. The molecule has 5 heteroatoms. The van der Waals surface area contributed by atoms with Crippen molar-refractivity contribution in [2.45, 2.75) is 19.1 Å². The number of aryl methyl sites for hydroxylation is 1. The van der Waals surface area contributed by atoms with Crippen molar-refractivity contribution in [1.29, 1.82) is 0 Å². The number of hydrogen-bond acceptors (Lipinski definition) is 4. The molecule has 5 nitrogen and oxygen atoms in total. The van der Waals surface area contributed by atoms with E-state index < -0.39 is 0 Å². The number of hydrogen-bond donors (Lipinski definition) is 0. The van der Waals surface area contributed by atoms with Gasteiger partial charge >= 0.3 is 0 Å². The molecule has 25 heavy (non-hydrogen) atoms. The lowest BCUT2D eigenvalue weighted by Crippen LogP contribution is -2.51. The quantitative estimate of drug-likeness (QED) is 0.859. The molecule has 132 valence electrons. The highest BCUT2D eigenvalue weighted by Gasteiger charge is 2.37. The van der Waals surface area contributed by atoms with Crippen molar-refractivity contribution in [3.63, 3.8) is 0 Å². The second-order valence-electron chi connectivity index (χ2n) is 6.78. The predicted octanol–water partition coefficient (Wildman–Crippen LogP) is 2.53. The van der Waals surface area contributed by atoms with Crippen molar-refractivity contribution in [3.8, 4) is 0 Å². The molecule has 0 bridgehead atoms. The van der Waals surface area contributed by atoms with Crippen LogP contribution in [0, 0.1) is 6.92 Å². The van der Waals surface area contributed by atoms with Crippen LogP contribution in [0.2, 0.25) is 0 Å². The number of benzene rings is 1. The number of amides is 1. The monoisotopic (exact) mass is 339 g/mol. The van der Waals surface area contributed by atoms with Gasteiger partial charge in [0, 0.05) is 25.5 Å². The molecule has 0 aliphatic carbocycles. The van der Waals surface area contributed by atoms with Gasteiger partial charge in [0.15, 0.2) is 0 Å². The topological polar surface area (TPSA) is 45.7 Å². The molecule has 0 radical (unpaired) electrons. The first kappa shape index (κ1) is 17.6. The maximum Gasteiger partial charge on any atom is 0.256 e. The van der Waals surface area contributed by atoms with Crippen LogP contribution in [-0.2, 0) is 4.74 Å². The zero-order valence-electron chi connectivity index (χ0n) is 15.1. The maximum atomic E-state index is 13.2. The average Bonchev–Trinajstić information content (AvgIpc) is 2.61. The standard InChI is InChI=1S/C20H25N3O2/c1-15-11-17(13-21-12-15)20(24)23-9-10-25-18(14-22(2)3)19(23)16-7-5-4-6-8-16/h4-8,11-13,18-19H,9-10,14H2,1-3H3/t18-,19-/m0/s1. The molecular formula is C20H25N3O2. The summed E-state index contributed by atoms with van der Waals surface area (Å²) in [4.78, 5) is 21.4. The molecule has 1 aliphatic heterocycles. The van der Waals surface area contributed by atoms with Gasteiger partial charge in [-0.15, -0.1) is 0 Å². The van der Waals surface area contributed by atoms with Crippen molar-refractivity contribution in [2.75, 3.05) is 33.8 Å². The van der Waals surface area contributed by atoms with Crippen molar-refractivity contribution in [3.05, 3.63) is 65.5 Å². The van der Waals surface area contributed by atoms with Gasteiger partial charge in [0.1, 0.15) is 0 Å². The van der Waals surface area contributed by atoms with E-state index in [1.165, 1.54) is 0 Å². The van der Waals surface area contributed by atoms with E-state index in [4.69, 9.17) is 4.74 Å². The molecule has 1 amide bonds. The molecule has 2 heterocycles. The highest BCUT2D eigenvalue weighted by Crippen LogP contribution is 2.31. The average molecular weight is 339 g/mol. The summed E-state index contributed by atoms with van der Waals surface area (Å²) in [5.41, 5.74) is 2.72. The first-order valence-electron chi connectivity index (χ1n) is 8.60. The van der Waals surface area contributed by atoms with Gasteiger partial charge in [-0.25, -0.2) is 0 Å². The van der Waals surface area contributed by atoms with E-state index in [0.717, 1.165) is 17.7 Å². The lowest BCUT2D eigenvalue weighted by atomic mass is 9.96. The molecule has 1 saturated heterocycles. The summed E-state index contributed by atoms with van der Waals surface area (Å²) < 4.78 is 6.04. The van der Waals surface area contributed by atoms with Crippen LogP contribution < -0.4 is 0 Å². The van der Waals surface area contributed by atoms with Crippen LogP contribution in [0.15, 0.2) is 48.8 Å². The molecular weight excluding hydrogens is 314 g/mol. The normalized spacial score (nSPS) is 20.7. The molecule has 0 saturated carbocycles. The largest absolute Gasteiger partial charge is 0.373 e. The van der Waals surface area contributed by atoms with E-state index in [9.17, 15) is 4.79 Å². The molecule has 0 unspecified atom stereocenters. The first-order chi connectivity index (χ1) is 12.1. The number of aromatic nitrogens is 1. The Hall–Kier alpha value is -2.24. The fourth-order valence-electron chi connectivity index (χ4n) is 3.36. The van der Waals surface area contributed by atoms with Crippen LogP contribution in [0.3, 0.4) is 0 Å². The zero-order chi connectivity index (χ0) is 17.8. The molecule has 2 aromatic rings. The Labute approximate surface area is 149 Å². The summed E-state index contributed by atoms with van der Waals surface area (Å²) in [5.74, 6) is 0.0112. The van der Waals surface area contributed by atoms with Crippen LogP contribution in [0.4, 0.5) is 0 Å². The van der Waals surface area contributed by atoms with E-state index in [-0.39, 0.29) is 18.1 Å². The number of likely N-dealkylation sites (N-methyl/N-ethyl adjacent to an activating group) is 1. The number of nitrogens with zero attached hydrogens (tertiary/aromatic N) is 3. The van der Waals surface area contributed by atoms with Crippen molar-refractivity contribution in [1.82, 2.24) is 14.8 Å². The van der Waals surface area contributed by atoms with Gasteiger partial charge in [0.05, 0.1) is 24.3 Å². The first-order valence-corrected chi connectivity index (χ1v) is 8.60. The van der Waals surface area contributed by atoms with E-state index in [1.807, 2.05) is 50.2 Å². The van der Waals surface area contributed by atoms with Gasteiger partial charge in [-0.2, -0.15) is 0 Å². The predicted molar refractivity (Wildman–Crippen MR) is 97.5 cm³/mol. The lowest BCUT2D eigenvalue weighted by Gasteiger charge is -2.42. The Morgan fingerprint density at radius 1 is 1.28 bits per heavy atom. The smallest absolute Gasteiger partial charge is 0.256 e. The summed E-state index contributed by atoms with van der Waals surface area (Å²) in [5, 5.41) is 0. The van der Waals surface area contributed by atoms with E-state index in [2.05, 4.69) is 22.0 Å². The Kier molecular flexibility index (Phi) is 5.46.